The van der Waals surface area contributed by atoms with Gasteiger partial charge in [0.15, 0.2) is 0 Å². The van der Waals surface area contributed by atoms with Crippen molar-refractivity contribution < 1.29 is 0 Å². The average molecular weight is 237 g/mol. The summed E-state index contributed by atoms with van der Waals surface area (Å²) in [5.41, 5.74) is 2.77. The van der Waals surface area contributed by atoms with Crippen molar-refractivity contribution in [3.8, 4) is 0 Å². The Balaban J connectivity index is 2.14. The topological polar surface area (TPSA) is 0 Å². The maximum absolute atomic E-state index is 3.57. The van der Waals surface area contributed by atoms with Crippen molar-refractivity contribution in [3.63, 3.8) is 0 Å². The minimum Gasteiger partial charge on any atom is -0.0842 e. The van der Waals surface area contributed by atoms with E-state index in [1.54, 1.807) is 0 Å². The van der Waals surface area contributed by atoms with E-state index in [0.29, 0.717) is 4.83 Å². The van der Waals surface area contributed by atoms with Crippen molar-refractivity contribution >= 4 is 15.9 Å². The lowest BCUT2D eigenvalue weighted by Gasteiger charge is -2.13. The van der Waals surface area contributed by atoms with Crippen LogP contribution in [0.15, 0.2) is 47.6 Å². The second kappa shape index (κ2) is 4.10. The molecule has 0 fully saturated rings. The number of allylic oxidation sites excluding steroid dienone is 8. The van der Waals surface area contributed by atoms with Gasteiger partial charge < -0.3 is 0 Å². The Morgan fingerprint density at radius 2 is 1.92 bits per heavy atom. The first-order valence-electron chi connectivity index (χ1n) is 4.76. The molecular weight excluding hydrogens is 224 g/mol. The van der Waals surface area contributed by atoms with Gasteiger partial charge in [0, 0.05) is 4.83 Å². The summed E-state index contributed by atoms with van der Waals surface area (Å²) in [5, 5.41) is 0. The van der Waals surface area contributed by atoms with Gasteiger partial charge in [0.05, 0.1) is 0 Å². The van der Waals surface area contributed by atoms with Gasteiger partial charge in [-0.25, -0.2) is 0 Å². The molecule has 2 aliphatic carbocycles. The molecule has 0 aromatic carbocycles. The van der Waals surface area contributed by atoms with Gasteiger partial charge >= 0.3 is 0 Å². The largest absolute Gasteiger partial charge is 0.0842 e. The molecule has 0 saturated carbocycles. The monoisotopic (exact) mass is 236 g/mol. The van der Waals surface area contributed by atoms with E-state index >= 15 is 0 Å². The lowest BCUT2D eigenvalue weighted by Crippen LogP contribution is -1.98. The molecular formula is C12H13Br. The van der Waals surface area contributed by atoms with Crippen LogP contribution >= 0.6 is 15.9 Å². The van der Waals surface area contributed by atoms with Crippen molar-refractivity contribution in [2.24, 2.45) is 0 Å². The van der Waals surface area contributed by atoms with Crippen LogP contribution in [0, 0.1) is 0 Å². The van der Waals surface area contributed by atoms with Crippen molar-refractivity contribution in [1.82, 2.24) is 0 Å². The van der Waals surface area contributed by atoms with E-state index in [0.717, 1.165) is 6.42 Å². The maximum atomic E-state index is 3.57. The van der Waals surface area contributed by atoms with Crippen molar-refractivity contribution in [2.75, 3.05) is 0 Å². The standard InChI is InChI=1S/C12H13Br/c13-12-8-6-11(7-9-12)10-4-2-1-3-5-10/h2,4-8,12H,1,3,9H2. The SMILES string of the molecule is BrC1C=CC(C2=CCCC=C2)=CC1. The van der Waals surface area contributed by atoms with Crippen LogP contribution in [0.5, 0.6) is 0 Å². The molecule has 0 aromatic heterocycles. The summed E-state index contributed by atoms with van der Waals surface area (Å²) in [6.45, 7) is 0. The lowest BCUT2D eigenvalue weighted by molar-refractivity contribution is 1.01. The van der Waals surface area contributed by atoms with Crippen LogP contribution < -0.4 is 0 Å². The Labute approximate surface area is 87.9 Å². The van der Waals surface area contributed by atoms with E-state index < -0.39 is 0 Å². The van der Waals surface area contributed by atoms with Crippen LogP contribution in [0.1, 0.15) is 19.3 Å². The van der Waals surface area contributed by atoms with Crippen LogP contribution in [0.3, 0.4) is 0 Å². The zero-order valence-electron chi connectivity index (χ0n) is 7.54. The van der Waals surface area contributed by atoms with Gasteiger partial charge in [-0.15, -0.1) is 0 Å². The third-order valence-corrected chi connectivity index (χ3v) is 3.05. The fourth-order valence-electron chi connectivity index (χ4n) is 1.64. The smallest absolute Gasteiger partial charge is 0.0363 e. The average Bonchev–Trinajstić information content (AvgIpc) is 2.20. The summed E-state index contributed by atoms with van der Waals surface area (Å²) < 4.78 is 0. The first kappa shape index (κ1) is 9.01. The molecule has 0 heterocycles. The minimum absolute atomic E-state index is 0.532. The molecule has 0 saturated heterocycles. The Kier molecular flexibility index (Phi) is 2.84. The summed E-state index contributed by atoms with van der Waals surface area (Å²) in [7, 11) is 0. The van der Waals surface area contributed by atoms with E-state index in [4.69, 9.17) is 0 Å². The van der Waals surface area contributed by atoms with Crippen LogP contribution in [-0.4, -0.2) is 4.83 Å². The molecule has 0 aliphatic heterocycles. The highest BCUT2D eigenvalue weighted by molar-refractivity contribution is 9.09. The van der Waals surface area contributed by atoms with Gasteiger partial charge in [0.1, 0.15) is 0 Å². The van der Waals surface area contributed by atoms with Crippen molar-refractivity contribution in [2.45, 2.75) is 24.1 Å². The molecule has 1 atom stereocenters. The summed E-state index contributed by atoms with van der Waals surface area (Å²) in [5.74, 6) is 0. The summed E-state index contributed by atoms with van der Waals surface area (Å²) >= 11 is 3.57. The second-order valence-electron chi connectivity index (χ2n) is 3.41. The molecule has 2 rings (SSSR count). The molecule has 0 spiro atoms. The molecule has 68 valence electrons. The molecule has 1 heteroatoms. The van der Waals surface area contributed by atoms with E-state index in [2.05, 4.69) is 52.4 Å². The minimum atomic E-state index is 0.532. The third-order valence-electron chi connectivity index (χ3n) is 2.38. The zero-order chi connectivity index (χ0) is 9.10. The van der Waals surface area contributed by atoms with Gasteiger partial charge in [-0.1, -0.05) is 52.4 Å². The van der Waals surface area contributed by atoms with Crippen LogP contribution in [0.4, 0.5) is 0 Å². The molecule has 13 heavy (non-hydrogen) atoms. The summed E-state index contributed by atoms with van der Waals surface area (Å²) in [6, 6.07) is 0. The molecule has 0 bridgehead atoms. The van der Waals surface area contributed by atoms with Crippen LogP contribution in [0.2, 0.25) is 0 Å². The quantitative estimate of drug-likeness (QED) is 0.606. The third kappa shape index (κ3) is 2.22. The Hall–Kier alpha value is -0.560. The molecule has 1 unspecified atom stereocenters. The lowest BCUT2D eigenvalue weighted by atomic mass is 9.95. The first-order chi connectivity index (χ1) is 6.36. The number of hydrogen-bond acceptors (Lipinski definition) is 0. The molecule has 0 radical (unpaired) electrons. The maximum Gasteiger partial charge on any atom is 0.0363 e. The fourth-order valence-corrected chi connectivity index (χ4v) is 1.98. The van der Waals surface area contributed by atoms with E-state index in [1.807, 2.05) is 0 Å². The summed E-state index contributed by atoms with van der Waals surface area (Å²) in [6.07, 6.45) is 17.0. The fraction of sp³-hybridized carbons (Fsp3) is 0.333. The van der Waals surface area contributed by atoms with Crippen molar-refractivity contribution in [1.29, 1.82) is 0 Å². The highest BCUT2D eigenvalue weighted by Gasteiger charge is 2.07. The molecule has 0 N–H and O–H groups in total. The van der Waals surface area contributed by atoms with Gasteiger partial charge in [-0.2, -0.15) is 0 Å². The van der Waals surface area contributed by atoms with Gasteiger partial charge in [0.2, 0.25) is 0 Å². The highest BCUT2D eigenvalue weighted by Crippen LogP contribution is 2.24. The number of hydrogen-bond donors (Lipinski definition) is 0. The Morgan fingerprint density at radius 1 is 1.08 bits per heavy atom. The number of halogens is 1. The van der Waals surface area contributed by atoms with Gasteiger partial charge in [0.25, 0.3) is 0 Å². The normalized spacial score (nSPS) is 27.0. The van der Waals surface area contributed by atoms with E-state index in [1.165, 1.54) is 24.0 Å². The van der Waals surface area contributed by atoms with Crippen molar-refractivity contribution in [3.05, 3.63) is 47.6 Å². The van der Waals surface area contributed by atoms with E-state index in [-0.39, 0.29) is 0 Å². The number of rotatable bonds is 1. The Bertz CT molecular complexity index is 305. The van der Waals surface area contributed by atoms with Crippen LogP contribution in [0.25, 0.3) is 0 Å². The van der Waals surface area contributed by atoms with E-state index in [9.17, 15) is 0 Å². The summed E-state index contributed by atoms with van der Waals surface area (Å²) in [4.78, 5) is 0.532. The Morgan fingerprint density at radius 3 is 2.54 bits per heavy atom. The first-order valence-corrected chi connectivity index (χ1v) is 5.67. The predicted octanol–water partition coefficient (Wildman–Crippen LogP) is 3.91. The van der Waals surface area contributed by atoms with Gasteiger partial charge in [-0.3, -0.25) is 0 Å². The van der Waals surface area contributed by atoms with Crippen LogP contribution in [-0.2, 0) is 0 Å². The number of alkyl halides is 1. The zero-order valence-corrected chi connectivity index (χ0v) is 9.13. The molecule has 0 aromatic rings. The van der Waals surface area contributed by atoms with Gasteiger partial charge in [-0.05, 0) is 30.4 Å². The molecule has 2 aliphatic rings. The molecule has 0 amide bonds. The molecule has 0 nitrogen and oxygen atoms in total. The highest BCUT2D eigenvalue weighted by atomic mass is 79.9. The predicted molar refractivity (Wildman–Crippen MR) is 61.0 cm³/mol. The second-order valence-corrected chi connectivity index (χ2v) is 4.59.